The number of aromatic nitrogens is 4. The van der Waals surface area contributed by atoms with Gasteiger partial charge in [-0.3, -0.25) is 4.98 Å². The highest BCUT2D eigenvalue weighted by molar-refractivity contribution is 7.99. The lowest BCUT2D eigenvalue weighted by atomic mass is 10.4. The normalized spacial score (nSPS) is 10.4. The van der Waals surface area contributed by atoms with Gasteiger partial charge in [0.05, 0.1) is 23.3 Å². The van der Waals surface area contributed by atoms with E-state index >= 15 is 0 Å². The Hall–Kier alpha value is -1.69. The number of rotatable bonds is 2. The monoisotopic (exact) mass is 233 g/mol. The Bertz CT molecular complexity index is 514. The molecule has 2 heterocycles. The lowest BCUT2D eigenvalue weighted by Crippen LogP contribution is -1.98. The van der Waals surface area contributed by atoms with E-state index in [9.17, 15) is 0 Å². The Morgan fingerprint density at radius 1 is 1.19 bits per heavy atom. The summed E-state index contributed by atoms with van der Waals surface area (Å²) in [6, 6.07) is 1.83. The number of nitrogens with two attached hydrogens (primary N) is 1. The van der Waals surface area contributed by atoms with Crippen LogP contribution in [0.25, 0.3) is 0 Å². The summed E-state index contributed by atoms with van der Waals surface area (Å²) < 4.78 is 0. The smallest absolute Gasteiger partial charge is 0.214 e. The molecule has 2 rings (SSSR count). The van der Waals surface area contributed by atoms with Crippen LogP contribution in [-0.4, -0.2) is 20.2 Å². The van der Waals surface area contributed by atoms with E-state index in [0.717, 1.165) is 16.3 Å². The van der Waals surface area contributed by atoms with Crippen LogP contribution >= 0.6 is 11.8 Å². The topological polar surface area (TPSA) is 77.6 Å². The third-order valence-corrected chi connectivity index (χ3v) is 3.03. The Balaban J connectivity index is 2.28. The van der Waals surface area contributed by atoms with Crippen molar-refractivity contribution in [3.05, 3.63) is 29.8 Å². The summed E-state index contributed by atoms with van der Waals surface area (Å²) in [7, 11) is 0. The highest BCUT2D eigenvalue weighted by atomic mass is 32.2. The van der Waals surface area contributed by atoms with E-state index in [1.165, 1.54) is 11.8 Å². The molecular formula is C10H11N5S. The van der Waals surface area contributed by atoms with Gasteiger partial charge in [-0.1, -0.05) is 0 Å². The fourth-order valence-electron chi connectivity index (χ4n) is 1.07. The lowest BCUT2D eigenvalue weighted by molar-refractivity contribution is 0.789. The van der Waals surface area contributed by atoms with Gasteiger partial charge in [0.1, 0.15) is 0 Å². The van der Waals surface area contributed by atoms with Crippen LogP contribution < -0.4 is 5.73 Å². The SMILES string of the molecule is Cc1nnc(Sc2ccncc2N)nc1C. The molecule has 2 aromatic heterocycles. The van der Waals surface area contributed by atoms with Crippen molar-refractivity contribution in [2.75, 3.05) is 5.73 Å². The molecule has 16 heavy (non-hydrogen) atoms. The van der Waals surface area contributed by atoms with E-state index < -0.39 is 0 Å². The first-order valence-corrected chi connectivity index (χ1v) is 5.53. The largest absolute Gasteiger partial charge is 0.397 e. The van der Waals surface area contributed by atoms with Gasteiger partial charge in [0.25, 0.3) is 0 Å². The van der Waals surface area contributed by atoms with E-state index in [0.29, 0.717) is 10.8 Å². The molecule has 0 atom stereocenters. The van der Waals surface area contributed by atoms with Gasteiger partial charge < -0.3 is 5.73 Å². The van der Waals surface area contributed by atoms with Gasteiger partial charge in [0.15, 0.2) is 0 Å². The molecule has 2 aromatic rings. The molecule has 0 fully saturated rings. The zero-order chi connectivity index (χ0) is 11.5. The van der Waals surface area contributed by atoms with Crippen molar-refractivity contribution in [2.24, 2.45) is 0 Å². The summed E-state index contributed by atoms with van der Waals surface area (Å²) in [6.07, 6.45) is 3.30. The van der Waals surface area contributed by atoms with Crippen molar-refractivity contribution in [1.29, 1.82) is 0 Å². The first-order valence-electron chi connectivity index (χ1n) is 4.72. The van der Waals surface area contributed by atoms with Gasteiger partial charge in [-0.25, -0.2) is 4.98 Å². The summed E-state index contributed by atoms with van der Waals surface area (Å²) in [5.74, 6) is 0. The molecule has 0 aromatic carbocycles. The third-order valence-electron chi connectivity index (χ3n) is 2.08. The van der Waals surface area contributed by atoms with Gasteiger partial charge in [0, 0.05) is 11.1 Å². The van der Waals surface area contributed by atoms with E-state index in [2.05, 4.69) is 20.2 Å². The van der Waals surface area contributed by atoms with E-state index in [-0.39, 0.29) is 0 Å². The molecular weight excluding hydrogens is 222 g/mol. The van der Waals surface area contributed by atoms with Crippen LogP contribution in [0.5, 0.6) is 0 Å². The Kier molecular flexibility index (Phi) is 3.00. The first kappa shape index (κ1) is 10.8. The maximum atomic E-state index is 5.78. The fourth-order valence-corrected chi connectivity index (χ4v) is 1.83. The second kappa shape index (κ2) is 4.44. The molecule has 0 aliphatic carbocycles. The lowest BCUT2D eigenvalue weighted by Gasteiger charge is -2.03. The molecule has 0 spiro atoms. The number of hydrogen-bond acceptors (Lipinski definition) is 6. The predicted molar refractivity (Wildman–Crippen MR) is 62.1 cm³/mol. The highest BCUT2D eigenvalue weighted by Gasteiger charge is 2.06. The third kappa shape index (κ3) is 2.27. The molecule has 0 aliphatic heterocycles. The number of aryl methyl sites for hydroxylation is 2. The number of nitrogen functional groups attached to an aromatic ring is 1. The van der Waals surface area contributed by atoms with E-state index in [4.69, 9.17) is 5.73 Å². The van der Waals surface area contributed by atoms with Crippen molar-refractivity contribution >= 4 is 17.4 Å². The Labute approximate surface area is 97.5 Å². The first-order chi connectivity index (χ1) is 7.66. The molecule has 5 nitrogen and oxygen atoms in total. The maximum absolute atomic E-state index is 5.78. The molecule has 6 heteroatoms. The second-order valence-electron chi connectivity index (χ2n) is 3.28. The fraction of sp³-hybridized carbons (Fsp3) is 0.200. The minimum atomic E-state index is 0.598. The van der Waals surface area contributed by atoms with Crippen LogP contribution in [0, 0.1) is 13.8 Å². The van der Waals surface area contributed by atoms with Crippen molar-refractivity contribution in [3.8, 4) is 0 Å². The van der Waals surface area contributed by atoms with Crippen LogP contribution in [-0.2, 0) is 0 Å². The second-order valence-corrected chi connectivity index (χ2v) is 4.29. The molecule has 0 bridgehead atoms. The highest BCUT2D eigenvalue weighted by Crippen LogP contribution is 2.28. The number of nitrogens with zero attached hydrogens (tertiary/aromatic N) is 4. The zero-order valence-electron chi connectivity index (χ0n) is 9.01. The van der Waals surface area contributed by atoms with Crippen molar-refractivity contribution < 1.29 is 0 Å². The molecule has 0 unspecified atom stereocenters. The Morgan fingerprint density at radius 2 is 2.00 bits per heavy atom. The van der Waals surface area contributed by atoms with Crippen molar-refractivity contribution in [2.45, 2.75) is 23.9 Å². The van der Waals surface area contributed by atoms with Crippen LogP contribution in [0.15, 0.2) is 28.5 Å². The minimum Gasteiger partial charge on any atom is -0.397 e. The van der Waals surface area contributed by atoms with Gasteiger partial charge in [-0.15, -0.1) is 5.10 Å². The predicted octanol–water partition coefficient (Wildman–Crippen LogP) is 1.62. The summed E-state index contributed by atoms with van der Waals surface area (Å²) >= 11 is 1.39. The summed E-state index contributed by atoms with van der Waals surface area (Å²) in [5, 5.41) is 8.61. The van der Waals surface area contributed by atoms with Gasteiger partial charge in [0.2, 0.25) is 5.16 Å². The molecule has 2 N–H and O–H groups in total. The summed E-state index contributed by atoms with van der Waals surface area (Å²) in [4.78, 5) is 9.13. The van der Waals surface area contributed by atoms with Crippen LogP contribution in [0.1, 0.15) is 11.4 Å². The van der Waals surface area contributed by atoms with Crippen LogP contribution in [0.2, 0.25) is 0 Å². The number of anilines is 1. The number of hydrogen-bond donors (Lipinski definition) is 1. The molecule has 0 radical (unpaired) electrons. The molecule has 0 amide bonds. The molecule has 0 saturated carbocycles. The summed E-state index contributed by atoms with van der Waals surface area (Å²) in [6.45, 7) is 3.79. The van der Waals surface area contributed by atoms with Crippen molar-refractivity contribution in [3.63, 3.8) is 0 Å². The number of pyridine rings is 1. The molecule has 0 aliphatic rings. The summed E-state index contributed by atoms with van der Waals surface area (Å²) in [5.41, 5.74) is 8.12. The van der Waals surface area contributed by atoms with Crippen LogP contribution in [0.3, 0.4) is 0 Å². The van der Waals surface area contributed by atoms with Gasteiger partial charge in [-0.05, 0) is 31.7 Å². The Morgan fingerprint density at radius 3 is 2.69 bits per heavy atom. The molecule has 82 valence electrons. The maximum Gasteiger partial charge on any atom is 0.214 e. The average molecular weight is 233 g/mol. The van der Waals surface area contributed by atoms with E-state index in [1.807, 2.05) is 19.9 Å². The quantitative estimate of drug-likeness (QED) is 0.849. The van der Waals surface area contributed by atoms with Crippen molar-refractivity contribution in [1.82, 2.24) is 20.2 Å². The standard InChI is InChI=1S/C10H11N5S/c1-6-7(2)14-15-10(13-6)16-9-3-4-12-5-8(9)11/h3-5H,11H2,1-2H3. The average Bonchev–Trinajstić information content (AvgIpc) is 2.27. The van der Waals surface area contributed by atoms with E-state index in [1.54, 1.807) is 12.4 Å². The molecule has 0 saturated heterocycles. The van der Waals surface area contributed by atoms with Gasteiger partial charge in [-0.2, -0.15) is 5.10 Å². The van der Waals surface area contributed by atoms with Crippen LogP contribution in [0.4, 0.5) is 5.69 Å². The zero-order valence-corrected chi connectivity index (χ0v) is 9.82. The minimum absolute atomic E-state index is 0.598. The van der Waals surface area contributed by atoms with Gasteiger partial charge >= 0.3 is 0 Å².